The number of hydrogen-bond acceptors (Lipinski definition) is 1. The van der Waals surface area contributed by atoms with Crippen LogP contribution < -0.4 is 0 Å². The van der Waals surface area contributed by atoms with Gasteiger partial charge in [0.1, 0.15) is 0 Å². The van der Waals surface area contributed by atoms with Gasteiger partial charge in [-0.25, -0.2) is 0 Å². The van der Waals surface area contributed by atoms with Gasteiger partial charge >= 0.3 is 0 Å². The molecule has 1 heterocycles. The van der Waals surface area contributed by atoms with Crippen molar-refractivity contribution in [1.82, 2.24) is 0 Å². The van der Waals surface area contributed by atoms with Gasteiger partial charge in [0.15, 0.2) is 0 Å². The average Bonchev–Trinajstić information content (AvgIpc) is 2.09. The van der Waals surface area contributed by atoms with Crippen molar-refractivity contribution in [3.8, 4) is 0 Å². The summed E-state index contributed by atoms with van der Waals surface area (Å²) in [6.07, 6.45) is 0. The third kappa shape index (κ3) is 1.21. The molecule has 0 aromatic carbocycles. The molecule has 0 unspecified atom stereocenters. The molecular formula is C8H11ClS. The summed E-state index contributed by atoms with van der Waals surface area (Å²) in [6.45, 7) is 6.40. The van der Waals surface area contributed by atoms with Crippen LogP contribution in [0.5, 0.6) is 0 Å². The van der Waals surface area contributed by atoms with Gasteiger partial charge in [0.05, 0.1) is 0 Å². The third-order valence-corrected chi connectivity index (χ3v) is 3.28. The molecule has 0 saturated carbocycles. The molecule has 0 atom stereocenters. The lowest BCUT2D eigenvalue weighted by atomic mass is 10.1. The molecule has 1 aromatic heterocycles. The topological polar surface area (TPSA) is 0 Å². The normalized spacial score (nSPS) is 10.4. The van der Waals surface area contributed by atoms with Gasteiger partial charge in [-0.1, -0.05) is 0 Å². The van der Waals surface area contributed by atoms with Crippen LogP contribution in [-0.4, -0.2) is 0 Å². The summed E-state index contributed by atoms with van der Waals surface area (Å²) in [5, 5.41) is 0. The van der Waals surface area contributed by atoms with Crippen molar-refractivity contribution < 1.29 is 0 Å². The Hall–Kier alpha value is -0.0100. The van der Waals surface area contributed by atoms with Crippen LogP contribution in [0.1, 0.15) is 20.9 Å². The van der Waals surface area contributed by atoms with Crippen molar-refractivity contribution in [1.29, 1.82) is 0 Å². The van der Waals surface area contributed by atoms with Gasteiger partial charge < -0.3 is 0 Å². The lowest BCUT2D eigenvalue weighted by Gasteiger charge is -1.93. The van der Waals surface area contributed by atoms with Gasteiger partial charge in [-0.15, -0.1) is 22.9 Å². The van der Waals surface area contributed by atoms with E-state index in [0.717, 1.165) is 0 Å². The summed E-state index contributed by atoms with van der Waals surface area (Å²) in [4.78, 5) is 2.76. The minimum absolute atomic E-state index is 0.655. The third-order valence-electron chi connectivity index (χ3n) is 1.85. The van der Waals surface area contributed by atoms with Crippen LogP contribution in [0, 0.1) is 20.8 Å². The molecule has 0 nitrogen and oxygen atoms in total. The monoisotopic (exact) mass is 174 g/mol. The maximum atomic E-state index is 5.76. The molecule has 0 aliphatic carbocycles. The van der Waals surface area contributed by atoms with Crippen LogP contribution in [-0.2, 0) is 5.88 Å². The van der Waals surface area contributed by atoms with Crippen LogP contribution in [0.15, 0.2) is 0 Å². The summed E-state index contributed by atoms with van der Waals surface area (Å²) in [7, 11) is 0. The zero-order valence-electron chi connectivity index (χ0n) is 6.49. The van der Waals surface area contributed by atoms with Crippen LogP contribution in [0.25, 0.3) is 0 Å². The number of thiophene rings is 1. The highest BCUT2D eigenvalue weighted by molar-refractivity contribution is 7.12. The first-order valence-corrected chi connectivity index (χ1v) is 4.63. The van der Waals surface area contributed by atoms with E-state index in [1.165, 1.54) is 20.9 Å². The summed E-state index contributed by atoms with van der Waals surface area (Å²) < 4.78 is 0. The number of hydrogen-bond donors (Lipinski definition) is 0. The fraction of sp³-hybridized carbons (Fsp3) is 0.500. The van der Waals surface area contributed by atoms with Gasteiger partial charge in [-0.2, -0.15) is 0 Å². The minimum atomic E-state index is 0.655. The molecule has 0 fully saturated rings. The maximum Gasteiger partial charge on any atom is 0.0487 e. The standard InChI is InChI=1S/C8H11ClS/c1-5-6(2)10-7(3)8(5)4-9/h4H2,1-3H3. The molecule has 56 valence electrons. The first-order valence-electron chi connectivity index (χ1n) is 3.28. The zero-order valence-corrected chi connectivity index (χ0v) is 8.07. The van der Waals surface area contributed by atoms with Crippen molar-refractivity contribution in [2.24, 2.45) is 0 Å². The molecule has 0 N–H and O–H groups in total. The van der Waals surface area contributed by atoms with Gasteiger partial charge in [0.2, 0.25) is 0 Å². The second-order valence-electron chi connectivity index (χ2n) is 2.45. The molecule has 10 heavy (non-hydrogen) atoms. The van der Waals surface area contributed by atoms with Gasteiger partial charge in [0.25, 0.3) is 0 Å². The Balaban J connectivity index is 3.20. The van der Waals surface area contributed by atoms with E-state index in [2.05, 4.69) is 20.8 Å². The highest BCUT2D eigenvalue weighted by Crippen LogP contribution is 2.27. The van der Waals surface area contributed by atoms with Crippen molar-refractivity contribution in [2.45, 2.75) is 26.7 Å². The second-order valence-corrected chi connectivity index (χ2v) is 4.15. The minimum Gasteiger partial charge on any atom is -0.145 e. The highest BCUT2D eigenvalue weighted by atomic mass is 35.5. The fourth-order valence-electron chi connectivity index (χ4n) is 1.04. The Morgan fingerprint density at radius 1 is 1.20 bits per heavy atom. The van der Waals surface area contributed by atoms with Crippen LogP contribution in [0.4, 0.5) is 0 Å². The van der Waals surface area contributed by atoms with Crippen molar-refractivity contribution >= 4 is 22.9 Å². The molecule has 0 amide bonds. The Bertz CT molecular complexity index is 238. The second kappa shape index (κ2) is 2.93. The Labute approximate surface area is 70.8 Å². The molecule has 1 rings (SSSR count). The number of rotatable bonds is 1. The van der Waals surface area contributed by atoms with Gasteiger partial charge in [0, 0.05) is 15.6 Å². The van der Waals surface area contributed by atoms with Gasteiger partial charge in [-0.05, 0) is 31.9 Å². The smallest absolute Gasteiger partial charge is 0.0487 e. The van der Waals surface area contributed by atoms with E-state index in [4.69, 9.17) is 11.6 Å². The fourth-order valence-corrected chi connectivity index (χ4v) is 2.60. The molecule has 0 aliphatic heterocycles. The predicted molar refractivity (Wildman–Crippen MR) is 48.1 cm³/mol. The quantitative estimate of drug-likeness (QED) is 0.573. The highest BCUT2D eigenvalue weighted by Gasteiger charge is 2.06. The Morgan fingerprint density at radius 2 is 1.80 bits per heavy atom. The maximum absolute atomic E-state index is 5.76. The largest absolute Gasteiger partial charge is 0.145 e. The lowest BCUT2D eigenvalue weighted by Crippen LogP contribution is -1.80. The zero-order chi connectivity index (χ0) is 7.72. The average molecular weight is 175 g/mol. The van der Waals surface area contributed by atoms with Gasteiger partial charge in [-0.3, -0.25) is 0 Å². The Morgan fingerprint density at radius 3 is 2.00 bits per heavy atom. The molecular weight excluding hydrogens is 164 g/mol. The SMILES string of the molecule is Cc1sc(C)c(CCl)c1C. The molecule has 2 heteroatoms. The van der Waals surface area contributed by atoms with E-state index >= 15 is 0 Å². The van der Waals surface area contributed by atoms with Crippen molar-refractivity contribution in [3.63, 3.8) is 0 Å². The predicted octanol–water partition coefficient (Wildman–Crippen LogP) is 3.41. The Kier molecular flexibility index (Phi) is 2.37. The van der Waals surface area contributed by atoms with Crippen LogP contribution in [0.3, 0.4) is 0 Å². The van der Waals surface area contributed by atoms with E-state index in [0.29, 0.717) is 5.88 Å². The molecule has 0 radical (unpaired) electrons. The summed E-state index contributed by atoms with van der Waals surface area (Å²) in [6, 6.07) is 0. The first-order chi connectivity index (χ1) is 4.66. The van der Waals surface area contributed by atoms with E-state index in [9.17, 15) is 0 Å². The van der Waals surface area contributed by atoms with E-state index in [1.807, 2.05) is 11.3 Å². The van der Waals surface area contributed by atoms with E-state index in [-0.39, 0.29) is 0 Å². The summed E-state index contributed by atoms with van der Waals surface area (Å²) in [5.74, 6) is 0.655. The first kappa shape index (κ1) is 8.09. The lowest BCUT2D eigenvalue weighted by molar-refractivity contribution is 1.28. The van der Waals surface area contributed by atoms with Crippen LogP contribution in [0.2, 0.25) is 0 Å². The molecule has 1 aromatic rings. The van der Waals surface area contributed by atoms with E-state index in [1.54, 1.807) is 0 Å². The summed E-state index contributed by atoms with van der Waals surface area (Å²) >= 11 is 7.59. The summed E-state index contributed by atoms with van der Waals surface area (Å²) in [5.41, 5.74) is 2.70. The number of halogens is 1. The molecule has 0 bridgehead atoms. The van der Waals surface area contributed by atoms with E-state index < -0.39 is 0 Å². The molecule has 0 spiro atoms. The molecule has 0 saturated heterocycles. The molecule has 0 aliphatic rings. The van der Waals surface area contributed by atoms with Crippen molar-refractivity contribution in [2.75, 3.05) is 0 Å². The number of alkyl halides is 1. The van der Waals surface area contributed by atoms with Crippen LogP contribution >= 0.6 is 22.9 Å². The number of aryl methyl sites for hydroxylation is 2. The van der Waals surface area contributed by atoms with Crippen molar-refractivity contribution in [3.05, 3.63) is 20.9 Å².